The molecule has 0 aromatic rings. The Morgan fingerprint density at radius 3 is 0.212 bits per heavy atom. The lowest BCUT2D eigenvalue weighted by molar-refractivity contribution is -0.531. The molecule has 0 aliphatic carbocycles. The van der Waals surface area contributed by atoms with Gasteiger partial charge in [0.25, 0.3) is 0 Å². The average molecular weight is 1650 g/mol. The molecule has 0 bridgehead atoms. The first kappa shape index (κ1) is 94.3. The van der Waals surface area contributed by atoms with Gasteiger partial charge in [-0.15, -0.1) is 0 Å². The third-order valence-electron chi connectivity index (χ3n) is 12.0. The molecule has 0 heterocycles. The molecular formula is C32F66O. The molecule has 0 spiro atoms. The fourth-order valence-electron chi connectivity index (χ4n) is 5.74. The Kier molecular flexibility index (Phi) is 21.4. The van der Waals surface area contributed by atoms with Crippen LogP contribution >= 0.6 is 0 Å². The third kappa shape index (κ3) is 10.6. The first-order valence-corrected chi connectivity index (χ1v) is 20.4. The van der Waals surface area contributed by atoms with Gasteiger partial charge in [-0.25, -0.2) is 4.74 Å². The summed E-state index contributed by atoms with van der Waals surface area (Å²) in [5.74, 6) is -297. The van der Waals surface area contributed by atoms with E-state index in [1.165, 1.54) is 0 Å². The largest absolute Gasteiger partial charge is 0.460 e. The van der Waals surface area contributed by atoms with Crippen molar-refractivity contribution in [1.29, 1.82) is 0 Å². The number of rotatable bonds is 30. The Balaban J connectivity index is 8.22. The summed E-state index contributed by atoms with van der Waals surface area (Å²) in [4.78, 5) is 0. The molecule has 0 aromatic heterocycles. The lowest BCUT2D eigenvalue weighted by atomic mass is 9.83. The minimum absolute atomic E-state index is 0.0187. The van der Waals surface area contributed by atoms with Crippen LogP contribution in [0.1, 0.15) is 0 Å². The highest BCUT2D eigenvalue weighted by molar-refractivity contribution is 5.25. The Bertz CT molecular complexity index is 2700. The zero-order valence-corrected chi connectivity index (χ0v) is 41.4. The number of hydrogen-bond acceptors (Lipinski definition) is 1. The normalized spacial score (nSPS) is 17.6. The summed E-state index contributed by atoms with van der Waals surface area (Å²) in [5, 5.41) is 0. The van der Waals surface area contributed by atoms with Gasteiger partial charge in [-0.1, -0.05) is 0 Å². The predicted molar refractivity (Wildman–Crippen MR) is 162 cm³/mol. The number of ether oxygens (including phenoxy) is 1. The van der Waals surface area contributed by atoms with E-state index in [9.17, 15) is 290 Å². The number of halogens is 66. The highest BCUT2D eigenvalue weighted by Gasteiger charge is 3.05. The zero-order chi connectivity index (χ0) is 82.7. The SMILES string of the molecule is FC(F)(F)C(F)(F)C(F)(F)C(F)(F)C(F)(F)C(F)(F)C(F)(F)C(F)(F)C(F)(F)C(F)(F)C(F)(F)C(F)(F)C(F)(F)C(F)(F)C(F)(F)C(F)(F)OC(F)(F)C(F)(F)C(F)(F)C(F)(F)C(F)(F)C(F)(F)C(F)(F)C(F)(F)C(F)(F)C(F)(F)C(F)(F)C(F)(F)C(F)(F)C(F)(F)C(F)(F)C(F)(F)F. The van der Waals surface area contributed by atoms with Crippen LogP contribution in [0.3, 0.4) is 0 Å². The molecular weight excluding hydrogens is 1650 g/mol. The first-order valence-electron chi connectivity index (χ1n) is 20.4. The summed E-state index contributed by atoms with van der Waals surface area (Å²) in [6.45, 7) is 0. The van der Waals surface area contributed by atoms with Gasteiger partial charge < -0.3 is 0 Å². The minimum atomic E-state index is -11.1. The molecule has 0 unspecified atom stereocenters. The van der Waals surface area contributed by atoms with Crippen molar-refractivity contribution in [1.82, 2.24) is 0 Å². The number of hydrogen-bond donors (Lipinski definition) is 0. The van der Waals surface area contributed by atoms with Crippen LogP contribution in [0.2, 0.25) is 0 Å². The average Bonchev–Trinajstić information content (AvgIpc) is 0.685. The van der Waals surface area contributed by atoms with Crippen molar-refractivity contribution in [2.45, 2.75) is 190 Å². The lowest BCUT2D eigenvalue weighted by Crippen LogP contribution is -2.80. The molecule has 0 atom stereocenters. The Morgan fingerprint density at radius 2 is 0.141 bits per heavy atom. The van der Waals surface area contributed by atoms with Crippen LogP contribution in [0.15, 0.2) is 0 Å². The van der Waals surface area contributed by atoms with Crippen molar-refractivity contribution in [3.05, 3.63) is 0 Å². The first-order chi connectivity index (χ1) is 41.2. The van der Waals surface area contributed by atoms with Crippen molar-refractivity contribution in [3.8, 4) is 0 Å². The summed E-state index contributed by atoms with van der Waals surface area (Å²) in [5.41, 5.74) is 0. The van der Waals surface area contributed by atoms with Crippen LogP contribution in [-0.4, -0.2) is 190 Å². The molecule has 99 heavy (non-hydrogen) atoms. The molecule has 0 aromatic carbocycles. The van der Waals surface area contributed by atoms with Crippen LogP contribution < -0.4 is 0 Å². The van der Waals surface area contributed by atoms with Crippen molar-refractivity contribution in [2.75, 3.05) is 0 Å². The van der Waals surface area contributed by atoms with Gasteiger partial charge in [-0.05, 0) is 0 Å². The van der Waals surface area contributed by atoms with Crippen LogP contribution in [0.25, 0.3) is 0 Å². The molecule has 0 amide bonds. The molecule has 0 aliphatic heterocycles. The fourth-order valence-corrected chi connectivity index (χ4v) is 5.74. The second-order valence-corrected chi connectivity index (χ2v) is 18.2. The Labute approximate surface area is 486 Å². The van der Waals surface area contributed by atoms with E-state index in [4.69, 9.17) is 0 Å². The van der Waals surface area contributed by atoms with Gasteiger partial charge in [0.1, 0.15) is 0 Å². The Hall–Kier alpha value is -4.66. The second-order valence-electron chi connectivity index (χ2n) is 18.2. The monoisotopic (exact) mass is 1650 g/mol. The van der Waals surface area contributed by atoms with Crippen LogP contribution in [0.5, 0.6) is 0 Å². The summed E-state index contributed by atoms with van der Waals surface area (Å²) >= 11 is 0. The molecule has 0 radical (unpaired) electrons. The minimum Gasteiger partial charge on any atom is -0.245 e. The van der Waals surface area contributed by atoms with Crippen LogP contribution in [-0.2, 0) is 4.74 Å². The zero-order valence-electron chi connectivity index (χ0n) is 41.4. The second kappa shape index (κ2) is 22.4. The summed E-state index contributed by atoms with van der Waals surface area (Å²) < 4.78 is 907. The van der Waals surface area contributed by atoms with Crippen LogP contribution in [0, 0.1) is 0 Å². The van der Waals surface area contributed by atoms with Crippen LogP contribution in [0.4, 0.5) is 290 Å². The molecule has 596 valence electrons. The van der Waals surface area contributed by atoms with Crippen molar-refractivity contribution in [3.63, 3.8) is 0 Å². The molecule has 0 saturated heterocycles. The van der Waals surface area contributed by atoms with Crippen molar-refractivity contribution >= 4 is 0 Å². The van der Waals surface area contributed by atoms with Gasteiger partial charge in [-0.3, -0.25) is 0 Å². The van der Waals surface area contributed by atoms with E-state index in [1.807, 2.05) is 0 Å². The van der Waals surface area contributed by atoms with E-state index in [1.54, 1.807) is 0 Å². The number of alkyl halides is 66. The summed E-state index contributed by atoms with van der Waals surface area (Å²) in [7, 11) is 0. The summed E-state index contributed by atoms with van der Waals surface area (Å²) in [6.07, 6.45) is -38.3. The smallest absolute Gasteiger partial charge is 0.245 e. The molecule has 0 N–H and O–H groups in total. The van der Waals surface area contributed by atoms with Gasteiger partial charge in [0.05, 0.1) is 0 Å². The van der Waals surface area contributed by atoms with E-state index >= 15 is 0 Å². The maximum atomic E-state index is 14.2. The quantitative estimate of drug-likeness (QED) is 0.0652. The third-order valence-corrected chi connectivity index (χ3v) is 12.0. The van der Waals surface area contributed by atoms with Crippen molar-refractivity contribution in [2.24, 2.45) is 0 Å². The fraction of sp³-hybridized carbons (Fsp3) is 1.00. The van der Waals surface area contributed by atoms with Gasteiger partial charge in [0.15, 0.2) is 0 Å². The van der Waals surface area contributed by atoms with Gasteiger partial charge in [0.2, 0.25) is 0 Å². The molecule has 0 rings (SSSR count). The highest BCUT2D eigenvalue weighted by atomic mass is 19.5. The van der Waals surface area contributed by atoms with Gasteiger partial charge >= 0.3 is 190 Å². The van der Waals surface area contributed by atoms with E-state index in [-0.39, 0.29) is 4.74 Å². The summed E-state index contributed by atoms with van der Waals surface area (Å²) in [6, 6.07) is 0. The van der Waals surface area contributed by atoms with E-state index < -0.39 is 190 Å². The predicted octanol–water partition coefficient (Wildman–Crippen LogP) is 21.1. The highest BCUT2D eigenvalue weighted by Crippen LogP contribution is 2.74. The van der Waals surface area contributed by atoms with E-state index in [2.05, 4.69) is 0 Å². The lowest BCUT2D eigenvalue weighted by Gasteiger charge is -2.47. The van der Waals surface area contributed by atoms with E-state index in [0.29, 0.717) is 0 Å². The standard InChI is InChI=1S/C32F66O/c33-1(34,5(41,42)9(49,50)13(57,58)17(65,66)21(73,74)25(81,82)29(89,90)91)3(37,38)7(45,46)11(53,54)15(61,62)19(69,70)23(77,78)27(85,86)31(95,96)99-32(97,98)28(87,88)24(79,80)20(71,72)16(63,64)12(55,56)8(47,48)4(39,40)2(35,36)6(43,44)10(51,52)14(59,60)18(67,68)22(75,76)26(83,84)30(92,93)94. The maximum absolute atomic E-state index is 14.2. The van der Waals surface area contributed by atoms with Gasteiger partial charge in [-0.2, -0.15) is 290 Å². The molecule has 1 nitrogen and oxygen atoms in total. The molecule has 0 saturated carbocycles. The van der Waals surface area contributed by atoms with Crippen molar-refractivity contribution < 1.29 is 295 Å². The van der Waals surface area contributed by atoms with Gasteiger partial charge in [0, 0.05) is 0 Å². The topological polar surface area (TPSA) is 9.23 Å². The maximum Gasteiger partial charge on any atom is 0.460 e. The Morgan fingerprint density at radius 1 is 0.0808 bits per heavy atom. The van der Waals surface area contributed by atoms with E-state index in [0.717, 1.165) is 0 Å². The molecule has 0 aliphatic rings. The molecule has 67 heteroatoms. The molecule has 0 fully saturated rings.